The molecular formula is C18H33O4PSi. The fraction of sp³-hybridized carbons (Fsp3) is 0.889. The molecule has 0 amide bonds. The van der Waals surface area contributed by atoms with Crippen LogP contribution in [0.25, 0.3) is 0 Å². The van der Waals surface area contributed by atoms with E-state index in [1.165, 1.54) is 0 Å². The summed E-state index contributed by atoms with van der Waals surface area (Å²) in [5.74, 6) is 0.613. The number of fused-ring (bicyclic) bond motifs is 5. The lowest BCUT2D eigenvalue weighted by atomic mass is 10.0. The van der Waals surface area contributed by atoms with Crippen LogP contribution in [0.15, 0.2) is 12.2 Å². The Labute approximate surface area is 148 Å². The van der Waals surface area contributed by atoms with E-state index in [2.05, 4.69) is 46.0 Å². The van der Waals surface area contributed by atoms with Gasteiger partial charge in [-0.25, -0.2) is 0 Å². The number of hydrogen-bond donors (Lipinski definition) is 0. The summed E-state index contributed by atoms with van der Waals surface area (Å²) in [5.41, 5.74) is -0.338. The molecule has 0 spiro atoms. The number of hydrogen-bond acceptors (Lipinski definition) is 4. The molecule has 3 aliphatic carbocycles. The SMILES string of the molecule is CCOP(=O)(OCC)C12CC1(O[Si](C)(C)C(C)(C)C)C1C=CC2C1. The van der Waals surface area contributed by atoms with E-state index in [0.29, 0.717) is 19.1 Å². The van der Waals surface area contributed by atoms with Gasteiger partial charge in [0.25, 0.3) is 0 Å². The van der Waals surface area contributed by atoms with Gasteiger partial charge in [0.1, 0.15) is 5.16 Å². The van der Waals surface area contributed by atoms with Gasteiger partial charge in [-0.1, -0.05) is 32.9 Å². The molecule has 0 radical (unpaired) electrons. The molecule has 4 atom stereocenters. The second kappa shape index (κ2) is 5.53. The minimum atomic E-state index is -3.20. The first kappa shape index (κ1) is 18.8. The van der Waals surface area contributed by atoms with Crippen molar-refractivity contribution in [1.82, 2.24) is 0 Å². The van der Waals surface area contributed by atoms with Crippen LogP contribution in [-0.4, -0.2) is 32.3 Å². The van der Waals surface area contributed by atoms with Gasteiger partial charge in [-0.3, -0.25) is 4.57 Å². The first-order chi connectivity index (χ1) is 11.0. The van der Waals surface area contributed by atoms with Crippen molar-refractivity contribution >= 4 is 15.9 Å². The zero-order valence-corrected chi connectivity index (χ0v) is 18.1. The van der Waals surface area contributed by atoms with Crippen LogP contribution >= 0.6 is 7.60 Å². The molecule has 2 fully saturated rings. The third-order valence-electron chi connectivity index (χ3n) is 6.77. The fourth-order valence-corrected chi connectivity index (χ4v) is 9.22. The van der Waals surface area contributed by atoms with E-state index in [4.69, 9.17) is 13.5 Å². The minimum Gasteiger partial charge on any atom is -0.409 e. The lowest BCUT2D eigenvalue weighted by Crippen LogP contribution is -2.49. The first-order valence-electron chi connectivity index (χ1n) is 9.27. The van der Waals surface area contributed by atoms with Crippen molar-refractivity contribution in [3.05, 3.63) is 12.2 Å². The highest BCUT2D eigenvalue weighted by Gasteiger charge is 2.88. The van der Waals surface area contributed by atoms with Gasteiger partial charge in [-0.2, -0.15) is 0 Å². The van der Waals surface area contributed by atoms with Crippen LogP contribution in [0.5, 0.6) is 0 Å². The molecule has 0 saturated heterocycles. The molecule has 2 saturated carbocycles. The molecule has 0 heterocycles. The predicted molar refractivity (Wildman–Crippen MR) is 100.0 cm³/mol. The van der Waals surface area contributed by atoms with Gasteiger partial charge in [0, 0.05) is 5.92 Å². The molecule has 138 valence electrons. The van der Waals surface area contributed by atoms with Crippen LogP contribution in [0.3, 0.4) is 0 Å². The van der Waals surface area contributed by atoms with E-state index in [-0.39, 0.29) is 16.6 Å². The van der Waals surface area contributed by atoms with Gasteiger partial charge >= 0.3 is 7.60 Å². The summed E-state index contributed by atoms with van der Waals surface area (Å²) in [5, 5.41) is -0.330. The van der Waals surface area contributed by atoms with Crippen LogP contribution in [-0.2, 0) is 18.0 Å². The van der Waals surface area contributed by atoms with E-state index in [1.807, 2.05) is 13.8 Å². The summed E-state index contributed by atoms with van der Waals surface area (Å²) in [4.78, 5) is 0. The fourth-order valence-electron chi connectivity index (χ4n) is 4.60. The number of rotatable bonds is 7. The third-order valence-corrected chi connectivity index (χ3v) is 14.3. The normalized spacial score (nSPS) is 37.8. The Morgan fingerprint density at radius 3 is 2.17 bits per heavy atom. The zero-order valence-electron chi connectivity index (χ0n) is 16.2. The van der Waals surface area contributed by atoms with Crippen molar-refractivity contribution in [1.29, 1.82) is 0 Å². The van der Waals surface area contributed by atoms with Crippen molar-refractivity contribution in [2.24, 2.45) is 11.8 Å². The quantitative estimate of drug-likeness (QED) is 0.343. The van der Waals surface area contributed by atoms with Crippen molar-refractivity contribution in [3.63, 3.8) is 0 Å². The van der Waals surface area contributed by atoms with Crippen LogP contribution in [0, 0.1) is 11.8 Å². The zero-order chi connectivity index (χ0) is 18.0. The Bertz CT molecular complexity index is 586. The van der Waals surface area contributed by atoms with Gasteiger partial charge in [-0.05, 0) is 50.7 Å². The largest absolute Gasteiger partial charge is 0.409 e. The molecule has 0 aliphatic heterocycles. The van der Waals surface area contributed by atoms with Gasteiger partial charge in [0.15, 0.2) is 8.32 Å². The molecule has 0 aromatic rings. The molecule has 0 aromatic carbocycles. The Balaban J connectivity index is 2.00. The lowest BCUT2D eigenvalue weighted by molar-refractivity contribution is 0.112. The first-order valence-corrected chi connectivity index (χ1v) is 13.7. The highest BCUT2D eigenvalue weighted by Crippen LogP contribution is 2.87. The highest BCUT2D eigenvalue weighted by molar-refractivity contribution is 7.56. The average Bonchev–Trinajstić information content (AvgIpc) is 2.82. The average molecular weight is 373 g/mol. The summed E-state index contributed by atoms with van der Waals surface area (Å²) < 4.78 is 32.3. The highest BCUT2D eigenvalue weighted by atomic mass is 31.2. The summed E-state index contributed by atoms with van der Waals surface area (Å²) >= 11 is 0. The van der Waals surface area contributed by atoms with Crippen molar-refractivity contribution in [2.75, 3.05) is 13.2 Å². The Hall–Kier alpha value is 0.0669. The lowest BCUT2D eigenvalue weighted by Gasteiger charge is -2.42. The van der Waals surface area contributed by atoms with E-state index in [1.54, 1.807) is 0 Å². The molecule has 2 bridgehead atoms. The monoisotopic (exact) mass is 372 g/mol. The molecular weight excluding hydrogens is 339 g/mol. The van der Waals surface area contributed by atoms with Crippen molar-refractivity contribution in [2.45, 2.75) is 76.3 Å². The molecule has 3 aliphatic rings. The smallest absolute Gasteiger partial charge is 0.340 e. The Kier molecular flexibility index (Phi) is 4.34. The molecule has 0 N–H and O–H groups in total. The summed E-state index contributed by atoms with van der Waals surface area (Å²) in [6, 6.07) is 0. The standard InChI is InChI=1S/C18H33O4PSi/c1-8-20-23(19,21-9-2)18-13-17(18,14-10-11-15(18)12-14)22-24(6,7)16(3,4)5/h10-11,14-15H,8-9,12-13H2,1-7H3. The van der Waals surface area contributed by atoms with Crippen molar-refractivity contribution in [3.8, 4) is 0 Å². The van der Waals surface area contributed by atoms with Gasteiger partial charge in [0.05, 0.1) is 18.8 Å². The predicted octanol–water partition coefficient (Wildman–Crippen LogP) is 5.36. The maximum atomic E-state index is 13.8. The second-order valence-electron chi connectivity index (χ2n) is 9.02. The van der Waals surface area contributed by atoms with Gasteiger partial charge < -0.3 is 13.5 Å². The van der Waals surface area contributed by atoms with E-state index in [0.717, 1.165) is 12.8 Å². The molecule has 6 heteroatoms. The van der Waals surface area contributed by atoms with E-state index >= 15 is 0 Å². The minimum absolute atomic E-state index is 0.128. The van der Waals surface area contributed by atoms with E-state index in [9.17, 15) is 4.57 Å². The Morgan fingerprint density at radius 1 is 1.12 bits per heavy atom. The topological polar surface area (TPSA) is 44.8 Å². The summed E-state index contributed by atoms with van der Waals surface area (Å²) in [6.45, 7) is 16.0. The molecule has 4 nitrogen and oxygen atoms in total. The third kappa shape index (κ3) is 2.24. The second-order valence-corrected chi connectivity index (χ2v) is 16.1. The maximum absolute atomic E-state index is 13.8. The summed E-state index contributed by atoms with van der Waals surface area (Å²) in [6.07, 6.45) is 6.35. The van der Waals surface area contributed by atoms with Crippen LogP contribution in [0.2, 0.25) is 18.1 Å². The molecule has 3 rings (SSSR count). The van der Waals surface area contributed by atoms with E-state index < -0.39 is 21.1 Å². The molecule has 0 aromatic heterocycles. The van der Waals surface area contributed by atoms with Crippen LogP contribution < -0.4 is 0 Å². The summed E-state index contributed by atoms with van der Waals surface area (Å²) in [7, 11) is -5.18. The van der Waals surface area contributed by atoms with Gasteiger partial charge in [-0.15, -0.1) is 0 Å². The van der Waals surface area contributed by atoms with Gasteiger partial charge in [0.2, 0.25) is 0 Å². The molecule has 24 heavy (non-hydrogen) atoms. The maximum Gasteiger partial charge on any atom is 0.340 e. The van der Waals surface area contributed by atoms with Crippen LogP contribution in [0.4, 0.5) is 0 Å². The Morgan fingerprint density at radius 2 is 1.67 bits per heavy atom. The number of allylic oxidation sites excluding steroid dienone is 1. The van der Waals surface area contributed by atoms with Crippen LogP contribution in [0.1, 0.15) is 47.5 Å². The van der Waals surface area contributed by atoms with Crippen molar-refractivity contribution < 1.29 is 18.0 Å². The molecule has 4 unspecified atom stereocenters.